The maximum Gasteiger partial charge on any atom is 0.160 e. The van der Waals surface area contributed by atoms with Crippen LogP contribution in [0.2, 0.25) is 0 Å². The molecule has 5 heteroatoms. The highest BCUT2D eigenvalue weighted by molar-refractivity contribution is 9.10. The van der Waals surface area contributed by atoms with Crippen molar-refractivity contribution in [1.82, 2.24) is 14.5 Å². The fourth-order valence-electron chi connectivity index (χ4n) is 3.13. The van der Waals surface area contributed by atoms with Gasteiger partial charge in [-0.25, -0.2) is 9.97 Å². The van der Waals surface area contributed by atoms with E-state index < -0.39 is 0 Å². The van der Waals surface area contributed by atoms with Crippen molar-refractivity contribution in [2.75, 3.05) is 0 Å². The van der Waals surface area contributed by atoms with Crippen LogP contribution in [0.1, 0.15) is 62.7 Å². The Hall–Kier alpha value is -0.610. The Morgan fingerprint density at radius 3 is 2.65 bits per heavy atom. The number of rotatable bonds is 2. The van der Waals surface area contributed by atoms with Gasteiger partial charge in [-0.05, 0) is 41.8 Å². The van der Waals surface area contributed by atoms with Crippen LogP contribution in [0.5, 0.6) is 0 Å². The van der Waals surface area contributed by atoms with E-state index >= 15 is 0 Å². The molecule has 0 radical (unpaired) electrons. The SMILES string of the molecule is CC(Cl)c1nc2cc(Br)cnc2n1C1CCCCCC1. The van der Waals surface area contributed by atoms with Gasteiger partial charge in [-0.1, -0.05) is 25.7 Å². The molecule has 0 spiro atoms. The van der Waals surface area contributed by atoms with Gasteiger partial charge in [-0.3, -0.25) is 0 Å². The van der Waals surface area contributed by atoms with Crippen molar-refractivity contribution in [3.63, 3.8) is 0 Å². The van der Waals surface area contributed by atoms with Crippen LogP contribution in [0.25, 0.3) is 11.2 Å². The summed E-state index contributed by atoms with van der Waals surface area (Å²) < 4.78 is 3.26. The van der Waals surface area contributed by atoms with Crippen molar-refractivity contribution in [3.8, 4) is 0 Å². The van der Waals surface area contributed by atoms with E-state index in [1.54, 1.807) is 0 Å². The van der Waals surface area contributed by atoms with Crippen molar-refractivity contribution in [1.29, 1.82) is 0 Å². The average Bonchev–Trinajstić information content (AvgIpc) is 2.59. The Morgan fingerprint density at radius 1 is 1.30 bits per heavy atom. The van der Waals surface area contributed by atoms with Crippen LogP contribution in [0, 0.1) is 0 Å². The summed E-state index contributed by atoms with van der Waals surface area (Å²) in [6.07, 6.45) is 9.52. The molecule has 0 bridgehead atoms. The highest BCUT2D eigenvalue weighted by Crippen LogP contribution is 2.34. The third-order valence-corrected chi connectivity index (χ3v) is 4.70. The van der Waals surface area contributed by atoms with Gasteiger partial charge in [0.05, 0.1) is 5.38 Å². The minimum atomic E-state index is -0.0915. The normalized spacial score (nSPS) is 19.1. The molecular formula is C15H19BrClN3. The minimum Gasteiger partial charge on any atom is -0.308 e. The molecule has 3 nitrogen and oxygen atoms in total. The zero-order valence-corrected chi connectivity index (χ0v) is 14.0. The summed E-state index contributed by atoms with van der Waals surface area (Å²) in [5.41, 5.74) is 1.91. The summed E-state index contributed by atoms with van der Waals surface area (Å²) in [7, 11) is 0. The fourth-order valence-corrected chi connectivity index (χ4v) is 3.60. The molecule has 20 heavy (non-hydrogen) atoms. The summed E-state index contributed by atoms with van der Waals surface area (Å²) >= 11 is 9.82. The number of halogens is 2. The Balaban J connectivity index is 2.12. The van der Waals surface area contributed by atoms with Gasteiger partial charge in [0.1, 0.15) is 11.3 Å². The smallest absolute Gasteiger partial charge is 0.160 e. The maximum atomic E-state index is 6.36. The van der Waals surface area contributed by atoms with Gasteiger partial charge in [0.2, 0.25) is 0 Å². The molecule has 0 aromatic carbocycles. The van der Waals surface area contributed by atoms with Crippen LogP contribution in [-0.4, -0.2) is 14.5 Å². The number of nitrogens with zero attached hydrogens (tertiary/aromatic N) is 3. The molecule has 2 aromatic heterocycles. The van der Waals surface area contributed by atoms with Crippen LogP contribution >= 0.6 is 27.5 Å². The van der Waals surface area contributed by atoms with E-state index in [4.69, 9.17) is 16.6 Å². The van der Waals surface area contributed by atoms with Crippen LogP contribution in [-0.2, 0) is 0 Å². The summed E-state index contributed by atoms with van der Waals surface area (Å²) in [6, 6.07) is 2.52. The Bertz CT molecular complexity index is 600. The van der Waals surface area contributed by atoms with Crippen molar-refractivity contribution in [2.24, 2.45) is 0 Å². The lowest BCUT2D eigenvalue weighted by atomic mass is 10.1. The molecule has 3 rings (SSSR count). The predicted octanol–water partition coefficient (Wildman–Crippen LogP) is 5.39. The van der Waals surface area contributed by atoms with Gasteiger partial charge in [0, 0.05) is 16.7 Å². The Labute approximate surface area is 132 Å². The Morgan fingerprint density at radius 2 is 2.00 bits per heavy atom. The zero-order valence-electron chi connectivity index (χ0n) is 11.6. The summed E-state index contributed by atoms with van der Waals surface area (Å²) in [6.45, 7) is 1.99. The molecule has 1 aliphatic rings. The molecule has 0 N–H and O–H groups in total. The number of aromatic nitrogens is 3. The van der Waals surface area contributed by atoms with Gasteiger partial charge in [0.25, 0.3) is 0 Å². The van der Waals surface area contributed by atoms with E-state index in [1.165, 1.54) is 38.5 Å². The van der Waals surface area contributed by atoms with Crippen molar-refractivity contribution in [3.05, 3.63) is 22.6 Å². The van der Waals surface area contributed by atoms with E-state index in [2.05, 4.69) is 25.5 Å². The van der Waals surface area contributed by atoms with Gasteiger partial charge in [0.15, 0.2) is 5.65 Å². The molecule has 0 aliphatic heterocycles. The van der Waals surface area contributed by atoms with Gasteiger partial charge >= 0.3 is 0 Å². The second-order valence-corrected chi connectivity index (χ2v) is 7.17. The summed E-state index contributed by atoms with van der Waals surface area (Å²) in [5.74, 6) is 0.958. The molecule has 1 unspecified atom stereocenters. The van der Waals surface area contributed by atoms with Gasteiger partial charge < -0.3 is 4.57 Å². The number of pyridine rings is 1. The number of fused-ring (bicyclic) bond motifs is 1. The average molecular weight is 357 g/mol. The largest absolute Gasteiger partial charge is 0.308 e. The topological polar surface area (TPSA) is 30.7 Å². The molecule has 1 saturated carbocycles. The van der Waals surface area contributed by atoms with Crippen LogP contribution in [0.15, 0.2) is 16.7 Å². The quantitative estimate of drug-likeness (QED) is 0.533. The molecule has 1 fully saturated rings. The molecule has 1 aliphatic carbocycles. The van der Waals surface area contributed by atoms with E-state index in [1.807, 2.05) is 19.2 Å². The predicted molar refractivity (Wildman–Crippen MR) is 86.2 cm³/mol. The summed E-state index contributed by atoms with van der Waals surface area (Å²) in [4.78, 5) is 9.30. The van der Waals surface area contributed by atoms with Crippen LogP contribution < -0.4 is 0 Å². The molecule has 2 heterocycles. The monoisotopic (exact) mass is 355 g/mol. The standard InChI is InChI=1S/C15H19BrClN3/c1-10(17)14-19-13-8-11(16)9-18-15(13)20(14)12-6-4-2-3-5-7-12/h8-10,12H,2-7H2,1H3. The lowest BCUT2D eigenvalue weighted by Gasteiger charge is -2.20. The van der Waals surface area contributed by atoms with Gasteiger partial charge in [-0.15, -0.1) is 11.6 Å². The third kappa shape index (κ3) is 2.73. The van der Waals surface area contributed by atoms with E-state index in [9.17, 15) is 0 Å². The zero-order chi connectivity index (χ0) is 14.1. The number of imidazole rings is 1. The van der Waals surface area contributed by atoms with Crippen molar-refractivity contribution >= 4 is 38.7 Å². The third-order valence-electron chi connectivity index (χ3n) is 4.07. The first-order valence-electron chi connectivity index (χ1n) is 7.34. The molecule has 0 amide bonds. The van der Waals surface area contributed by atoms with Gasteiger partial charge in [-0.2, -0.15) is 0 Å². The minimum absolute atomic E-state index is 0.0915. The molecule has 1 atom stereocenters. The van der Waals surface area contributed by atoms with Crippen LogP contribution in [0.4, 0.5) is 0 Å². The first-order chi connectivity index (χ1) is 9.66. The summed E-state index contributed by atoms with van der Waals surface area (Å²) in [5, 5.41) is -0.0915. The van der Waals surface area contributed by atoms with Crippen LogP contribution in [0.3, 0.4) is 0 Å². The number of alkyl halides is 1. The van der Waals surface area contributed by atoms with E-state index in [0.29, 0.717) is 6.04 Å². The highest BCUT2D eigenvalue weighted by atomic mass is 79.9. The first kappa shape index (κ1) is 14.3. The van der Waals surface area contributed by atoms with Crippen molar-refractivity contribution < 1.29 is 0 Å². The second kappa shape index (κ2) is 6.02. The molecule has 0 saturated heterocycles. The maximum absolute atomic E-state index is 6.36. The molecular weight excluding hydrogens is 338 g/mol. The molecule has 2 aromatic rings. The Kier molecular flexibility index (Phi) is 4.32. The molecule has 108 valence electrons. The lowest BCUT2D eigenvalue weighted by Crippen LogP contribution is -2.13. The number of hydrogen-bond donors (Lipinski definition) is 0. The number of hydrogen-bond acceptors (Lipinski definition) is 2. The first-order valence-corrected chi connectivity index (χ1v) is 8.57. The fraction of sp³-hybridized carbons (Fsp3) is 0.600. The second-order valence-electron chi connectivity index (χ2n) is 5.60. The lowest BCUT2D eigenvalue weighted by molar-refractivity contribution is 0.438. The van der Waals surface area contributed by atoms with Crippen molar-refractivity contribution in [2.45, 2.75) is 56.9 Å². The van der Waals surface area contributed by atoms with E-state index in [-0.39, 0.29) is 5.38 Å². The van der Waals surface area contributed by atoms with E-state index in [0.717, 1.165) is 21.5 Å². The highest BCUT2D eigenvalue weighted by Gasteiger charge is 2.23.